The van der Waals surface area contributed by atoms with Crippen LogP contribution in [0.1, 0.15) is 26.3 Å². The number of ether oxygens (including phenoxy) is 1. The lowest BCUT2D eigenvalue weighted by Crippen LogP contribution is -2.23. The van der Waals surface area contributed by atoms with E-state index in [1.54, 1.807) is 12.4 Å². The number of anilines is 2. The molecule has 1 aromatic heterocycles. The molecule has 0 fully saturated rings. The Morgan fingerprint density at radius 2 is 1.90 bits per heavy atom. The molecule has 0 amide bonds. The maximum absolute atomic E-state index is 5.71. The first-order valence-electron chi connectivity index (χ1n) is 7.16. The van der Waals surface area contributed by atoms with Crippen molar-refractivity contribution in [3.63, 3.8) is 0 Å². The zero-order valence-electron chi connectivity index (χ0n) is 12.8. The fraction of sp³-hybridized carbons (Fsp3) is 0.375. The predicted octanol–water partition coefficient (Wildman–Crippen LogP) is 2.87. The van der Waals surface area contributed by atoms with Gasteiger partial charge in [0, 0.05) is 18.8 Å². The van der Waals surface area contributed by atoms with Gasteiger partial charge in [-0.3, -0.25) is 4.98 Å². The summed E-state index contributed by atoms with van der Waals surface area (Å²) in [6.07, 6.45) is 3.48. The number of aromatic nitrogens is 2. The molecule has 0 bridgehead atoms. The maximum Gasteiger partial charge on any atom is 0.234 e. The number of nitrogens with two attached hydrogens (primary N) is 1. The molecule has 0 atom stereocenters. The van der Waals surface area contributed by atoms with Crippen LogP contribution >= 0.6 is 0 Å². The summed E-state index contributed by atoms with van der Waals surface area (Å²) < 4.78 is 5.60. The van der Waals surface area contributed by atoms with E-state index in [0.29, 0.717) is 5.88 Å². The van der Waals surface area contributed by atoms with Crippen LogP contribution in [0.25, 0.3) is 0 Å². The van der Waals surface area contributed by atoms with E-state index >= 15 is 0 Å². The largest absolute Gasteiger partial charge is 0.474 e. The lowest BCUT2D eigenvalue weighted by atomic mass is 10.2. The van der Waals surface area contributed by atoms with E-state index in [2.05, 4.69) is 21.8 Å². The fourth-order valence-corrected chi connectivity index (χ4v) is 1.99. The third-order valence-electron chi connectivity index (χ3n) is 3.02. The van der Waals surface area contributed by atoms with E-state index in [9.17, 15) is 0 Å². The smallest absolute Gasteiger partial charge is 0.234 e. The molecule has 0 aliphatic rings. The number of benzene rings is 1. The van der Waals surface area contributed by atoms with Gasteiger partial charge in [-0.05, 0) is 38.5 Å². The molecule has 21 heavy (non-hydrogen) atoms. The molecule has 2 rings (SSSR count). The van der Waals surface area contributed by atoms with Crippen LogP contribution in [-0.4, -0.2) is 22.6 Å². The highest BCUT2D eigenvalue weighted by Crippen LogP contribution is 2.18. The van der Waals surface area contributed by atoms with Gasteiger partial charge < -0.3 is 15.4 Å². The highest BCUT2D eigenvalue weighted by molar-refractivity contribution is 5.42. The number of hydrogen-bond acceptors (Lipinski definition) is 5. The zero-order valence-corrected chi connectivity index (χ0v) is 12.8. The van der Waals surface area contributed by atoms with Crippen LogP contribution in [-0.2, 0) is 6.54 Å². The summed E-state index contributed by atoms with van der Waals surface area (Å²) >= 11 is 0. The Balaban J connectivity index is 2.15. The van der Waals surface area contributed by atoms with Gasteiger partial charge in [0.1, 0.15) is 0 Å². The van der Waals surface area contributed by atoms with Crippen LogP contribution in [0.15, 0.2) is 36.7 Å². The molecule has 112 valence electrons. The van der Waals surface area contributed by atoms with Crippen molar-refractivity contribution in [2.24, 2.45) is 0 Å². The SMILES string of the molecule is CCN(Cc1ccc(N)cc1)c1cncc(OC(C)C)n1. The summed E-state index contributed by atoms with van der Waals surface area (Å²) in [6.45, 7) is 7.64. The van der Waals surface area contributed by atoms with Crippen LogP contribution in [0, 0.1) is 0 Å². The van der Waals surface area contributed by atoms with E-state index < -0.39 is 0 Å². The quantitative estimate of drug-likeness (QED) is 0.827. The molecule has 0 aliphatic carbocycles. The molecule has 0 saturated heterocycles. The van der Waals surface area contributed by atoms with Gasteiger partial charge in [0.05, 0.1) is 18.5 Å². The normalized spacial score (nSPS) is 10.7. The van der Waals surface area contributed by atoms with Crippen molar-refractivity contribution in [3.05, 3.63) is 42.2 Å². The molecule has 1 aromatic carbocycles. The molecule has 5 heteroatoms. The van der Waals surface area contributed by atoms with Crippen LogP contribution in [0.5, 0.6) is 5.88 Å². The highest BCUT2D eigenvalue weighted by Gasteiger charge is 2.09. The zero-order chi connectivity index (χ0) is 15.2. The summed E-state index contributed by atoms with van der Waals surface area (Å²) in [4.78, 5) is 10.9. The Kier molecular flexibility index (Phi) is 4.98. The van der Waals surface area contributed by atoms with Crippen LogP contribution in [0.2, 0.25) is 0 Å². The van der Waals surface area contributed by atoms with Crippen molar-refractivity contribution in [2.75, 3.05) is 17.2 Å². The summed E-state index contributed by atoms with van der Waals surface area (Å²) in [6, 6.07) is 7.88. The lowest BCUT2D eigenvalue weighted by molar-refractivity contribution is 0.231. The van der Waals surface area contributed by atoms with Crippen LogP contribution < -0.4 is 15.4 Å². The molecule has 0 aliphatic heterocycles. The van der Waals surface area contributed by atoms with E-state index in [1.807, 2.05) is 38.1 Å². The van der Waals surface area contributed by atoms with Crippen molar-refractivity contribution in [2.45, 2.75) is 33.4 Å². The first kappa shape index (κ1) is 15.1. The molecule has 0 spiro atoms. The van der Waals surface area contributed by atoms with Gasteiger partial charge in [0.25, 0.3) is 0 Å². The van der Waals surface area contributed by atoms with Crippen LogP contribution in [0.4, 0.5) is 11.5 Å². The Hall–Kier alpha value is -2.30. The maximum atomic E-state index is 5.71. The standard InChI is InChI=1S/C16H22N4O/c1-4-20(11-13-5-7-14(17)8-6-13)15-9-18-10-16(19-15)21-12(2)3/h5-10,12H,4,11,17H2,1-3H3. The molecule has 2 N–H and O–H groups in total. The minimum Gasteiger partial charge on any atom is -0.474 e. The molecular weight excluding hydrogens is 264 g/mol. The molecule has 2 aromatic rings. The summed E-state index contributed by atoms with van der Waals surface area (Å²) in [5.41, 5.74) is 7.67. The highest BCUT2D eigenvalue weighted by atomic mass is 16.5. The average Bonchev–Trinajstić information content (AvgIpc) is 2.46. The third kappa shape index (κ3) is 4.34. The first-order valence-corrected chi connectivity index (χ1v) is 7.16. The van der Waals surface area contributed by atoms with E-state index in [1.165, 1.54) is 5.56 Å². The van der Waals surface area contributed by atoms with Crippen molar-refractivity contribution in [1.29, 1.82) is 0 Å². The lowest BCUT2D eigenvalue weighted by Gasteiger charge is -2.22. The summed E-state index contributed by atoms with van der Waals surface area (Å²) in [5, 5.41) is 0. The number of nitrogen functional groups attached to an aromatic ring is 1. The second-order valence-electron chi connectivity index (χ2n) is 5.14. The van der Waals surface area contributed by atoms with Crippen molar-refractivity contribution in [3.8, 4) is 5.88 Å². The van der Waals surface area contributed by atoms with E-state index in [0.717, 1.165) is 24.6 Å². The van der Waals surface area contributed by atoms with Gasteiger partial charge >= 0.3 is 0 Å². The second kappa shape index (κ2) is 6.92. The van der Waals surface area contributed by atoms with Crippen molar-refractivity contribution < 1.29 is 4.74 Å². The monoisotopic (exact) mass is 286 g/mol. The van der Waals surface area contributed by atoms with Crippen molar-refractivity contribution in [1.82, 2.24) is 9.97 Å². The predicted molar refractivity (Wildman–Crippen MR) is 85.4 cm³/mol. The van der Waals surface area contributed by atoms with Gasteiger partial charge in [-0.2, -0.15) is 4.98 Å². The summed E-state index contributed by atoms with van der Waals surface area (Å²) in [7, 11) is 0. The molecule has 0 saturated carbocycles. The van der Waals surface area contributed by atoms with Crippen molar-refractivity contribution >= 4 is 11.5 Å². The van der Waals surface area contributed by atoms with Gasteiger partial charge in [-0.15, -0.1) is 0 Å². The Labute approximate surface area is 125 Å². The van der Waals surface area contributed by atoms with E-state index in [4.69, 9.17) is 10.5 Å². The van der Waals surface area contributed by atoms with Crippen LogP contribution in [0.3, 0.4) is 0 Å². The molecule has 1 heterocycles. The minimum atomic E-state index is 0.0849. The van der Waals surface area contributed by atoms with Gasteiger partial charge in [0.15, 0.2) is 5.82 Å². The molecule has 5 nitrogen and oxygen atoms in total. The molecular formula is C16H22N4O. The van der Waals surface area contributed by atoms with Gasteiger partial charge in [0.2, 0.25) is 5.88 Å². The van der Waals surface area contributed by atoms with Gasteiger partial charge in [-0.25, -0.2) is 0 Å². The first-order chi connectivity index (χ1) is 10.1. The topological polar surface area (TPSA) is 64.3 Å². The third-order valence-corrected chi connectivity index (χ3v) is 3.02. The average molecular weight is 286 g/mol. The fourth-order valence-electron chi connectivity index (χ4n) is 1.99. The number of rotatable bonds is 6. The Morgan fingerprint density at radius 3 is 2.52 bits per heavy atom. The number of nitrogens with zero attached hydrogens (tertiary/aromatic N) is 3. The summed E-state index contributed by atoms with van der Waals surface area (Å²) in [5.74, 6) is 1.37. The number of hydrogen-bond donors (Lipinski definition) is 1. The van der Waals surface area contributed by atoms with Gasteiger partial charge in [-0.1, -0.05) is 12.1 Å². The van der Waals surface area contributed by atoms with E-state index in [-0.39, 0.29) is 6.10 Å². The molecule has 0 unspecified atom stereocenters. The Bertz CT molecular complexity index is 569. The molecule has 0 radical (unpaired) electrons. The Morgan fingerprint density at radius 1 is 1.19 bits per heavy atom. The second-order valence-corrected chi connectivity index (χ2v) is 5.14. The minimum absolute atomic E-state index is 0.0849.